The number of morpholine rings is 1. The number of halogens is 1. The molecule has 2 aromatic heterocycles. The predicted octanol–water partition coefficient (Wildman–Crippen LogP) is 5.21. The largest absolute Gasteiger partial charge is 0.400 e. The second-order valence-electron chi connectivity index (χ2n) is 12.7. The number of fused-ring (bicyclic) bond motifs is 4. The third-order valence-electron chi connectivity index (χ3n) is 9.59. The fraction of sp³-hybridized carbons (Fsp3) is 0.429. The summed E-state index contributed by atoms with van der Waals surface area (Å²) in [5, 5.41) is 18.6. The molecule has 3 aliphatic rings. The standard InChI is InChI=1S/C35H39FN8O3S/c1-3-19-28(21-8-9-25(36)32-29(21)22(12-37)33(39)48-32)23-16-46-17-24(23)30-31(19)42-35(41-13-18-15-44(2)10-11-47-18)43-34(30)40-14-26(38)20-6-4-5-7-27(20)45/h8-9,18H,3-7,10-11,13-17,38-39H2,1-2H3,(H2,40,41,42,43)/b26-20-. The van der Waals surface area contributed by atoms with Crippen molar-refractivity contribution in [1.82, 2.24) is 14.9 Å². The highest BCUT2D eigenvalue weighted by Gasteiger charge is 2.30. The Labute approximate surface area is 282 Å². The molecule has 1 saturated heterocycles. The normalized spacial score (nSPS) is 19.5. The molecule has 0 amide bonds. The summed E-state index contributed by atoms with van der Waals surface area (Å²) in [5.41, 5.74) is 19.4. The maximum absolute atomic E-state index is 15.1. The first-order valence-electron chi connectivity index (χ1n) is 16.4. The minimum atomic E-state index is -0.419. The fourth-order valence-corrected chi connectivity index (χ4v) is 8.17. The zero-order valence-electron chi connectivity index (χ0n) is 27.2. The number of carbonyl (C=O) groups is 1. The van der Waals surface area contributed by atoms with Gasteiger partial charge in [0.25, 0.3) is 0 Å². The highest BCUT2D eigenvalue weighted by atomic mass is 32.1. The van der Waals surface area contributed by atoms with Crippen molar-refractivity contribution in [1.29, 1.82) is 5.26 Å². The van der Waals surface area contributed by atoms with Crippen LogP contribution < -0.4 is 22.1 Å². The van der Waals surface area contributed by atoms with Crippen LogP contribution >= 0.6 is 11.3 Å². The summed E-state index contributed by atoms with van der Waals surface area (Å²) >= 11 is 1.08. The lowest BCUT2D eigenvalue weighted by molar-refractivity contribution is -0.116. The van der Waals surface area contributed by atoms with Crippen molar-refractivity contribution >= 4 is 54.9 Å². The van der Waals surface area contributed by atoms with Crippen LogP contribution in [0.25, 0.3) is 32.1 Å². The maximum atomic E-state index is 15.1. The highest BCUT2D eigenvalue weighted by molar-refractivity contribution is 7.23. The monoisotopic (exact) mass is 670 g/mol. The Morgan fingerprint density at radius 3 is 2.77 bits per heavy atom. The summed E-state index contributed by atoms with van der Waals surface area (Å²) in [4.78, 5) is 25.0. The first kappa shape index (κ1) is 32.2. The SMILES string of the molecule is CCc1c(-c2ccc(F)c3sc(N)c(C#N)c23)c2c(c3c(NC/C(N)=C4\CCCCC4=O)nc(NCC4CN(C)CCO4)nc13)COC2. The molecule has 0 bridgehead atoms. The molecular weight excluding hydrogens is 632 g/mol. The van der Waals surface area contributed by atoms with Gasteiger partial charge in [0.05, 0.1) is 48.2 Å². The van der Waals surface area contributed by atoms with Crippen molar-refractivity contribution in [2.45, 2.75) is 58.3 Å². The van der Waals surface area contributed by atoms with Gasteiger partial charge in [-0.1, -0.05) is 13.0 Å². The molecule has 1 atom stereocenters. The number of carbonyl (C=O) groups excluding carboxylic acids is 1. The number of aromatic nitrogens is 2. The number of nitriles is 1. The van der Waals surface area contributed by atoms with Gasteiger partial charge >= 0.3 is 0 Å². The number of Topliss-reactive ketones (excluding diaryl/α,β-unsaturated/α-hetero) is 1. The van der Waals surface area contributed by atoms with Gasteiger partial charge in [0, 0.05) is 48.1 Å². The molecule has 7 rings (SSSR count). The van der Waals surface area contributed by atoms with Crippen LogP contribution in [0.2, 0.25) is 0 Å². The summed E-state index contributed by atoms with van der Waals surface area (Å²) in [6.45, 7) is 5.79. The Kier molecular flexibility index (Phi) is 8.91. The van der Waals surface area contributed by atoms with E-state index in [0.717, 1.165) is 76.0 Å². The Morgan fingerprint density at radius 1 is 1.19 bits per heavy atom. The molecule has 2 fully saturated rings. The Bertz CT molecular complexity index is 2020. The van der Waals surface area contributed by atoms with Gasteiger partial charge in [-0.25, -0.2) is 9.37 Å². The van der Waals surface area contributed by atoms with Gasteiger partial charge in [-0.15, -0.1) is 11.3 Å². The molecule has 1 aliphatic carbocycles. The van der Waals surface area contributed by atoms with E-state index in [-0.39, 0.29) is 29.0 Å². The van der Waals surface area contributed by atoms with Crippen molar-refractivity contribution in [2.75, 3.05) is 56.2 Å². The first-order valence-corrected chi connectivity index (χ1v) is 17.3. The molecule has 6 N–H and O–H groups in total. The summed E-state index contributed by atoms with van der Waals surface area (Å²) < 4.78 is 27.5. The van der Waals surface area contributed by atoms with Crippen molar-refractivity contribution in [2.24, 2.45) is 5.73 Å². The number of ketones is 1. The Balaban J connectivity index is 1.41. The highest BCUT2D eigenvalue weighted by Crippen LogP contribution is 2.47. The molecule has 11 nitrogen and oxygen atoms in total. The molecule has 2 aromatic carbocycles. The number of benzene rings is 2. The number of hydrogen-bond acceptors (Lipinski definition) is 12. The lowest BCUT2D eigenvalue weighted by atomic mass is 9.86. The van der Waals surface area contributed by atoms with Crippen molar-refractivity contribution in [3.05, 3.63) is 51.5 Å². The number of rotatable bonds is 8. The van der Waals surface area contributed by atoms with E-state index in [0.29, 0.717) is 78.8 Å². The van der Waals surface area contributed by atoms with E-state index in [2.05, 4.69) is 35.6 Å². The number of likely N-dealkylation sites (N-methyl/N-ethyl adjacent to an activating group) is 1. The van der Waals surface area contributed by atoms with E-state index in [1.165, 1.54) is 6.07 Å². The quantitative estimate of drug-likeness (QED) is 0.182. The lowest BCUT2D eigenvalue weighted by Crippen LogP contribution is -2.43. The van der Waals surface area contributed by atoms with Gasteiger partial charge in [0.2, 0.25) is 5.95 Å². The molecule has 48 heavy (non-hydrogen) atoms. The molecule has 13 heteroatoms. The van der Waals surface area contributed by atoms with Crippen LogP contribution in [-0.4, -0.2) is 66.6 Å². The minimum Gasteiger partial charge on any atom is -0.400 e. The number of nitrogens with two attached hydrogens (primary N) is 2. The van der Waals surface area contributed by atoms with Crippen LogP contribution in [0.3, 0.4) is 0 Å². The number of nitrogens with zero attached hydrogens (tertiary/aromatic N) is 4. The van der Waals surface area contributed by atoms with Crippen LogP contribution in [0.4, 0.5) is 21.2 Å². The molecule has 250 valence electrons. The van der Waals surface area contributed by atoms with Crippen LogP contribution in [0.5, 0.6) is 0 Å². The number of anilines is 3. The van der Waals surface area contributed by atoms with Gasteiger partial charge in [-0.05, 0) is 66.6 Å². The van der Waals surface area contributed by atoms with Crippen LogP contribution in [0.15, 0.2) is 23.4 Å². The third kappa shape index (κ3) is 5.72. The number of nitrogens with one attached hydrogen (secondary N) is 2. The smallest absolute Gasteiger partial charge is 0.225 e. The van der Waals surface area contributed by atoms with Gasteiger partial charge in [-0.2, -0.15) is 10.2 Å². The zero-order chi connectivity index (χ0) is 33.5. The number of ether oxygens (including phenoxy) is 2. The second-order valence-corrected chi connectivity index (χ2v) is 13.7. The van der Waals surface area contributed by atoms with E-state index in [1.54, 1.807) is 6.07 Å². The topological polar surface area (TPSA) is 164 Å². The second kappa shape index (κ2) is 13.3. The number of allylic oxidation sites excluding steroid dienone is 1. The molecule has 1 saturated carbocycles. The van der Waals surface area contributed by atoms with Gasteiger partial charge in [0.15, 0.2) is 5.78 Å². The number of thiophene rings is 1. The summed E-state index contributed by atoms with van der Waals surface area (Å²) in [7, 11) is 2.07. The summed E-state index contributed by atoms with van der Waals surface area (Å²) in [6.07, 6.45) is 3.58. The average Bonchev–Trinajstić information content (AvgIpc) is 3.71. The number of nitrogen functional groups attached to an aromatic ring is 1. The fourth-order valence-electron chi connectivity index (χ4n) is 7.22. The molecule has 1 unspecified atom stereocenters. The van der Waals surface area contributed by atoms with Crippen LogP contribution in [-0.2, 0) is 33.9 Å². The molecule has 4 heterocycles. The van der Waals surface area contributed by atoms with E-state index in [1.807, 2.05) is 0 Å². The molecule has 0 spiro atoms. The Morgan fingerprint density at radius 2 is 2.00 bits per heavy atom. The molecular formula is C35H39FN8O3S. The van der Waals surface area contributed by atoms with Crippen LogP contribution in [0.1, 0.15) is 54.9 Å². The van der Waals surface area contributed by atoms with Crippen molar-refractivity contribution in [3.8, 4) is 17.2 Å². The predicted molar refractivity (Wildman–Crippen MR) is 186 cm³/mol. The van der Waals surface area contributed by atoms with E-state index >= 15 is 4.39 Å². The molecule has 4 aromatic rings. The van der Waals surface area contributed by atoms with Crippen LogP contribution in [0, 0.1) is 17.1 Å². The van der Waals surface area contributed by atoms with Gasteiger partial charge in [0.1, 0.15) is 22.7 Å². The first-order chi connectivity index (χ1) is 23.3. The summed E-state index contributed by atoms with van der Waals surface area (Å²) in [5.74, 6) is 0.693. The lowest BCUT2D eigenvalue weighted by Gasteiger charge is -2.30. The number of hydrogen-bond donors (Lipinski definition) is 4. The van der Waals surface area contributed by atoms with Crippen molar-refractivity contribution in [3.63, 3.8) is 0 Å². The molecule has 0 radical (unpaired) electrons. The Hall–Kier alpha value is -4.35. The summed E-state index contributed by atoms with van der Waals surface area (Å²) in [6, 6.07) is 5.38. The van der Waals surface area contributed by atoms with Gasteiger partial charge < -0.3 is 36.5 Å². The third-order valence-corrected chi connectivity index (χ3v) is 10.6. The molecule has 2 aliphatic heterocycles. The van der Waals surface area contributed by atoms with E-state index < -0.39 is 5.82 Å². The minimum absolute atomic E-state index is 0.0345. The van der Waals surface area contributed by atoms with E-state index in [9.17, 15) is 10.1 Å². The van der Waals surface area contributed by atoms with Gasteiger partial charge in [-0.3, -0.25) is 4.79 Å². The van der Waals surface area contributed by atoms with E-state index in [4.69, 9.17) is 30.9 Å². The zero-order valence-corrected chi connectivity index (χ0v) is 28.0. The average molecular weight is 671 g/mol. The maximum Gasteiger partial charge on any atom is 0.225 e. The van der Waals surface area contributed by atoms with Crippen molar-refractivity contribution < 1.29 is 18.7 Å². The number of aryl methyl sites for hydroxylation is 1.